The maximum Gasteiger partial charge on any atom is 0.239 e. The Morgan fingerprint density at radius 3 is 2.57 bits per heavy atom. The Labute approximate surface area is 174 Å². The van der Waals surface area contributed by atoms with Crippen LogP contribution < -0.4 is 10.2 Å². The molecule has 0 bridgehead atoms. The lowest BCUT2D eigenvalue weighted by atomic mass is 9.96. The van der Waals surface area contributed by atoms with Gasteiger partial charge < -0.3 is 10.2 Å². The predicted octanol–water partition coefficient (Wildman–Crippen LogP) is 3.91. The van der Waals surface area contributed by atoms with Gasteiger partial charge in [-0.1, -0.05) is 11.6 Å². The minimum absolute atomic E-state index is 0.0324. The second-order valence-corrected chi connectivity index (χ2v) is 8.86. The second kappa shape index (κ2) is 8.52. The first kappa shape index (κ1) is 19.3. The summed E-state index contributed by atoms with van der Waals surface area (Å²) in [6.45, 7) is 3.80. The normalized spacial score (nSPS) is 17.1. The van der Waals surface area contributed by atoms with Crippen LogP contribution in [0.3, 0.4) is 0 Å². The smallest absolute Gasteiger partial charge is 0.239 e. The average Bonchev–Trinajstić information content (AvgIpc) is 3.06. The Morgan fingerprint density at radius 2 is 1.86 bits per heavy atom. The van der Waals surface area contributed by atoms with E-state index in [1.165, 1.54) is 11.3 Å². The number of benzene rings is 1. The van der Waals surface area contributed by atoms with Gasteiger partial charge >= 0.3 is 0 Å². The van der Waals surface area contributed by atoms with E-state index in [9.17, 15) is 10.1 Å². The summed E-state index contributed by atoms with van der Waals surface area (Å²) in [5.41, 5.74) is 3.00. The Bertz CT molecular complexity index is 894. The van der Waals surface area contributed by atoms with E-state index in [0.717, 1.165) is 66.7 Å². The second-order valence-electron chi connectivity index (χ2n) is 7.31. The first-order chi connectivity index (χ1) is 13.6. The topological polar surface area (TPSA) is 59.4 Å². The monoisotopic (exact) mass is 414 g/mol. The van der Waals surface area contributed by atoms with E-state index in [1.807, 2.05) is 24.3 Å². The molecule has 2 aliphatic rings. The van der Waals surface area contributed by atoms with E-state index in [0.29, 0.717) is 12.1 Å². The van der Waals surface area contributed by atoms with Crippen molar-refractivity contribution in [3.8, 4) is 6.07 Å². The number of thiophene rings is 1. The van der Waals surface area contributed by atoms with Gasteiger partial charge in [0, 0.05) is 41.8 Å². The van der Waals surface area contributed by atoms with Gasteiger partial charge in [-0.25, -0.2) is 0 Å². The number of halogens is 1. The third kappa shape index (κ3) is 4.17. The molecule has 0 radical (unpaired) electrons. The van der Waals surface area contributed by atoms with Crippen molar-refractivity contribution in [2.24, 2.45) is 0 Å². The largest absolute Gasteiger partial charge is 0.369 e. The number of nitrogens with zero attached hydrogens (tertiary/aromatic N) is 3. The van der Waals surface area contributed by atoms with Crippen LogP contribution in [0.4, 0.5) is 10.7 Å². The molecule has 0 saturated carbocycles. The highest BCUT2D eigenvalue weighted by atomic mass is 35.5. The van der Waals surface area contributed by atoms with Crippen LogP contribution in [0.25, 0.3) is 0 Å². The van der Waals surface area contributed by atoms with Crippen LogP contribution in [0.15, 0.2) is 24.3 Å². The lowest BCUT2D eigenvalue weighted by Gasteiger charge is -2.35. The zero-order valence-electron chi connectivity index (χ0n) is 15.7. The van der Waals surface area contributed by atoms with E-state index in [2.05, 4.69) is 21.2 Å². The number of hydrogen-bond donors (Lipinski definition) is 1. The van der Waals surface area contributed by atoms with Crippen molar-refractivity contribution in [1.29, 1.82) is 5.26 Å². The minimum atomic E-state index is -0.0324. The number of fused-ring (bicyclic) bond motifs is 1. The van der Waals surface area contributed by atoms with Crippen molar-refractivity contribution >= 4 is 39.5 Å². The standard InChI is InChI=1S/C21H23ClN4OS/c22-15-5-7-16(8-6-15)26-11-9-25(10-12-26)14-20(27)24-21-18(13-23)17-3-1-2-4-19(17)28-21/h5-8H,1-4,9-12,14H2,(H,24,27). The average molecular weight is 415 g/mol. The first-order valence-corrected chi connectivity index (χ1v) is 10.9. The van der Waals surface area contributed by atoms with E-state index in [-0.39, 0.29) is 5.91 Å². The molecule has 1 fully saturated rings. The molecule has 1 aromatic heterocycles. The van der Waals surface area contributed by atoms with Crippen LogP contribution in [-0.2, 0) is 17.6 Å². The molecular weight excluding hydrogens is 392 g/mol. The molecule has 1 saturated heterocycles. The quantitative estimate of drug-likeness (QED) is 0.823. The molecule has 0 atom stereocenters. The fourth-order valence-electron chi connectivity index (χ4n) is 3.96. The molecule has 0 unspecified atom stereocenters. The summed E-state index contributed by atoms with van der Waals surface area (Å²) >= 11 is 7.55. The minimum Gasteiger partial charge on any atom is -0.369 e. The van der Waals surface area contributed by atoms with Gasteiger partial charge in [0.05, 0.1) is 12.1 Å². The van der Waals surface area contributed by atoms with Crippen molar-refractivity contribution in [2.45, 2.75) is 25.7 Å². The molecule has 0 spiro atoms. The summed E-state index contributed by atoms with van der Waals surface area (Å²) in [6, 6.07) is 10.2. The highest BCUT2D eigenvalue weighted by Crippen LogP contribution is 2.37. The van der Waals surface area contributed by atoms with Crippen LogP contribution in [0.5, 0.6) is 0 Å². The Balaban J connectivity index is 1.32. The number of hydrogen-bond acceptors (Lipinski definition) is 5. The summed E-state index contributed by atoms with van der Waals surface area (Å²) in [4.78, 5) is 18.3. The Kier molecular flexibility index (Phi) is 5.86. The van der Waals surface area contributed by atoms with E-state index < -0.39 is 0 Å². The predicted molar refractivity (Wildman–Crippen MR) is 114 cm³/mol. The third-order valence-corrected chi connectivity index (χ3v) is 6.93. The number of nitrogens with one attached hydrogen (secondary N) is 1. The van der Waals surface area contributed by atoms with Crippen LogP contribution in [0.1, 0.15) is 28.8 Å². The van der Waals surface area contributed by atoms with E-state index in [4.69, 9.17) is 11.6 Å². The molecule has 4 rings (SSSR count). The highest BCUT2D eigenvalue weighted by Gasteiger charge is 2.23. The zero-order valence-corrected chi connectivity index (χ0v) is 17.3. The lowest BCUT2D eigenvalue weighted by Crippen LogP contribution is -2.48. The summed E-state index contributed by atoms with van der Waals surface area (Å²) in [5, 5.41) is 14.0. The Morgan fingerprint density at radius 1 is 1.14 bits per heavy atom. The van der Waals surface area contributed by atoms with Gasteiger partial charge in [0.15, 0.2) is 0 Å². The van der Waals surface area contributed by atoms with Gasteiger partial charge in [0.1, 0.15) is 11.1 Å². The van der Waals surface area contributed by atoms with Crippen molar-refractivity contribution in [3.05, 3.63) is 45.3 Å². The maximum atomic E-state index is 12.6. The van der Waals surface area contributed by atoms with E-state index >= 15 is 0 Å². The van der Waals surface area contributed by atoms with Crippen molar-refractivity contribution < 1.29 is 4.79 Å². The fraction of sp³-hybridized carbons (Fsp3) is 0.429. The molecule has 7 heteroatoms. The summed E-state index contributed by atoms with van der Waals surface area (Å²) in [6.07, 6.45) is 4.28. The highest BCUT2D eigenvalue weighted by molar-refractivity contribution is 7.16. The summed E-state index contributed by atoms with van der Waals surface area (Å²) in [7, 11) is 0. The van der Waals surface area contributed by atoms with Gasteiger partial charge in [0.2, 0.25) is 5.91 Å². The van der Waals surface area contributed by atoms with Crippen LogP contribution >= 0.6 is 22.9 Å². The molecule has 2 aromatic rings. The molecule has 1 aromatic carbocycles. The molecule has 1 aliphatic carbocycles. The van der Waals surface area contributed by atoms with E-state index in [1.54, 1.807) is 11.3 Å². The molecule has 28 heavy (non-hydrogen) atoms. The first-order valence-electron chi connectivity index (χ1n) is 9.71. The van der Waals surface area contributed by atoms with Gasteiger partial charge in [-0.2, -0.15) is 5.26 Å². The summed E-state index contributed by atoms with van der Waals surface area (Å²) < 4.78 is 0. The molecule has 146 valence electrons. The number of rotatable bonds is 4. The number of aryl methyl sites for hydroxylation is 1. The third-order valence-electron chi connectivity index (χ3n) is 5.47. The van der Waals surface area contributed by atoms with Gasteiger partial charge in [-0.05, 0) is 55.5 Å². The zero-order chi connectivity index (χ0) is 19.5. The van der Waals surface area contributed by atoms with Crippen LogP contribution in [-0.4, -0.2) is 43.5 Å². The number of carbonyl (C=O) groups is 1. The number of piperazine rings is 1. The SMILES string of the molecule is N#Cc1c(NC(=O)CN2CCN(c3ccc(Cl)cc3)CC2)sc2c1CCCC2. The van der Waals surface area contributed by atoms with Gasteiger partial charge in [0.25, 0.3) is 0 Å². The van der Waals surface area contributed by atoms with Crippen molar-refractivity contribution in [3.63, 3.8) is 0 Å². The van der Waals surface area contributed by atoms with Crippen molar-refractivity contribution in [1.82, 2.24) is 4.90 Å². The van der Waals surface area contributed by atoms with Crippen LogP contribution in [0.2, 0.25) is 5.02 Å². The number of carbonyl (C=O) groups excluding carboxylic acids is 1. The molecule has 1 aliphatic heterocycles. The Hall–Kier alpha value is -2.07. The molecule has 2 heterocycles. The molecule has 5 nitrogen and oxygen atoms in total. The lowest BCUT2D eigenvalue weighted by molar-refractivity contribution is -0.117. The number of anilines is 2. The molecule has 1 amide bonds. The number of amides is 1. The molecular formula is C21H23ClN4OS. The van der Waals surface area contributed by atoms with Crippen molar-refractivity contribution in [2.75, 3.05) is 42.9 Å². The van der Waals surface area contributed by atoms with Crippen LogP contribution in [0, 0.1) is 11.3 Å². The van der Waals surface area contributed by atoms with Gasteiger partial charge in [-0.3, -0.25) is 9.69 Å². The maximum absolute atomic E-state index is 12.6. The van der Waals surface area contributed by atoms with Gasteiger partial charge in [-0.15, -0.1) is 11.3 Å². The fourth-order valence-corrected chi connectivity index (χ4v) is 5.34. The summed E-state index contributed by atoms with van der Waals surface area (Å²) in [5.74, 6) is -0.0324. The molecule has 1 N–H and O–H groups in total. The number of nitriles is 1.